The summed E-state index contributed by atoms with van der Waals surface area (Å²) in [6.45, 7) is 0. The Kier molecular flexibility index (Phi) is 6.86. The van der Waals surface area contributed by atoms with Crippen molar-refractivity contribution < 1.29 is 4.42 Å². The number of nitrogens with zero attached hydrogens (tertiary/aromatic N) is 4. The van der Waals surface area contributed by atoms with Crippen molar-refractivity contribution in [2.45, 2.75) is 0 Å². The highest BCUT2D eigenvalue weighted by atomic mass is 16.3. The minimum atomic E-state index is 0.675. The van der Waals surface area contributed by atoms with E-state index in [1.807, 2.05) is 18.2 Å². The van der Waals surface area contributed by atoms with E-state index in [2.05, 4.69) is 185 Å². The molecule has 5 nitrogen and oxygen atoms in total. The highest BCUT2D eigenvalue weighted by molar-refractivity contribution is 6.29. The lowest BCUT2D eigenvalue weighted by atomic mass is 10.1. The lowest BCUT2D eigenvalue weighted by Gasteiger charge is -2.14. The number of aromatic nitrogens is 4. The van der Waals surface area contributed by atoms with Crippen LogP contribution in [0.25, 0.3) is 111 Å². The average Bonchev–Trinajstić information content (AvgIpc) is 3.95. The van der Waals surface area contributed by atoms with Crippen molar-refractivity contribution >= 4 is 65.6 Å². The van der Waals surface area contributed by atoms with Gasteiger partial charge in [0, 0.05) is 55.0 Å². The van der Waals surface area contributed by atoms with E-state index in [1.165, 1.54) is 10.8 Å². The van der Waals surface area contributed by atoms with Crippen LogP contribution in [0.15, 0.2) is 199 Å². The van der Waals surface area contributed by atoms with Crippen LogP contribution in [0.3, 0.4) is 0 Å². The van der Waals surface area contributed by atoms with Gasteiger partial charge in [-0.25, -0.2) is 9.97 Å². The molecule has 0 N–H and O–H groups in total. The largest absolute Gasteiger partial charge is 0.455 e. The molecule has 12 rings (SSSR count). The highest BCUT2D eigenvalue weighted by Gasteiger charge is 2.24. The fourth-order valence-electron chi connectivity index (χ4n) is 8.80. The van der Waals surface area contributed by atoms with Crippen molar-refractivity contribution in [1.82, 2.24) is 19.1 Å². The van der Waals surface area contributed by atoms with Crippen LogP contribution in [0.1, 0.15) is 0 Å². The molecule has 5 heteroatoms. The topological polar surface area (TPSA) is 48.8 Å². The van der Waals surface area contributed by atoms with Crippen LogP contribution in [0.2, 0.25) is 0 Å². The second kappa shape index (κ2) is 12.4. The van der Waals surface area contributed by atoms with Gasteiger partial charge in [0.15, 0.2) is 5.82 Å². The molecule has 0 aliphatic rings. The molecule has 0 amide bonds. The lowest BCUT2D eigenvalue weighted by molar-refractivity contribution is 0.673. The molecule has 0 fully saturated rings. The predicted molar refractivity (Wildman–Crippen MR) is 234 cm³/mol. The Labute approximate surface area is 327 Å². The third-order valence-electron chi connectivity index (χ3n) is 11.3. The first-order valence-corrected chi connectivity index (χ1v) is 19.3. The van der Waals surface area contributed by atoms with Gasteiger partial charge in [-0.2, -0.15) is 0 Å². The van der Waals surface area contributed by atoms with E-state index < -0.39 is 0 Å². The molecule has 0 bridgehead atoms. The minimum absolute atomic E-state index is 0.675. The van der Waals surface area contributed by atoms with E-state index in [4.69, 9.17) is 14.4 Å². The smallest absolute Gasteiger partial charge is 0.160 e. The SMILES string of the molecule is c1ccc(-c2cc(-c3ccccc3)nc(-c3cccc(-n4c5ccccc5c5ccc6c7c8oc9ccccc9c8ccc7n(-c7ccccc7)c6c54)c3)n2)cc1. The first-order chi connectivity index (χ1) is 28.3. The van der Waals surface area contributed by atoms with Crippen LogP contribution < -0.4 is 0 Å². The van der Waals surface area contributed by atoms with Crippen LogP contribution >= 0.6 is 0 Å². The summed E-state index contributed by atoms with van der Waals surface area (Å²) < 4.78 is 11.6. The summed E-state index contributed by atoms with van der Waals surface area (Å²) >= 11 is 0. The van der Waals surface area contributed by atoms with Crippen molar-refractivity contribution in [2.24, 2.45) is 0 Å². The van der Waals surface area contributed by atoms with Gasteiger partial charge in [-0.1, -0.05) is 140 Å². The molecule has 4 heterocycles. The number of benzene rings is 8. The van der Waals surface area contributed by atoms with Gasteiger partial charge in [0.1, 0.15) is 11.2 Å². The molecule has 0 saturated heterocycles. The Morgan fingerprint density at radius 2 is 0.930 bits per heavy atom. The molecule has 12 aromatic rings. The lowest BCUT2D eigenvalue weighted by Crippen LogP contribution is -2.00. The summed E-state index contributed by atoms with van der Waals surface area (Å²) in [5, 5.41) is 6.85. The van der Waals surface area contributed by atoms with Gasteiger partial charge < -0.3 is 13.6 Å². The number of hydrogen-bond acceptors (Lipinski definition) is 3. The van der Waals surface area contributed by atoms with Gasteiger partial charge in [0.2, 0.25) is 0 Å². The molecule has 0 atom stereocenters. The quantitative estimate of drug-likeness (QED) is 0.177. The average molecular weight is 729 g/mol. The summed E-state index contributed by atoms with van der Waals surface area (Å²) in [7, 11) is 0. The first kappa shape index (κ1) is 31.6. The van der Waals surface area contributed by atoms with Crippen molar-refractivity contribution in [3.05, 3.63) is 194 Å². The van der Waals surface area contributed by atoms with Crippen LogP contribution in [0.4, 0.5) is 0 Å². The third-order valence-corrected chi connectivity index (χ3v) is 11.3. The highest BCUT2D eigenvalue weighted by Crippen LogP contribution is 2.45. The molecule has 0 saturated carbocycles. The molecule has 0 aliphatic carbocycles. The maximum Gasteiger partial charge on any atom is 0.160 e. The van der Waals surface area contributed by atoms with Gasteiger partial charge in [-0.05, 0) is 54.6 Å². The number of fused-ring (bicyclic) bond motifs is 11. The number of para-hydroxylation sites is 3. The standard InChI is InChI=1S/C52H32N4O/c1-4-15-33(16-5-1)43-32-44(34-17-6-2-7-18-34)54-52(53-43)35-19-14-22-37(31-35)56-45-25-12-10-23-38(45)40-27-28-42-48-46(55(50(42)49(40)56)36-20-8-3-9-21-36)30-29-41-39-24-11-13-26-47(39)57-51(41)48/h1-32H. The van der Waals surface area contributed by atoms with Crippen molar-refractivity contribution in [3.8, 4) is 45.3 Å². The summed E-state index contributed by atoms with van der Waals surface area (Å²) in [6, 6.07) is 68.2. The van der Waals surface area contributed by atoms with Gasteiger partial charge in [0.25, 0.3) is 0 Å². The summed E-state index contributed by atoms with van der Waals surface area (Å²) in [5.41, 5.74) is 13.2. The Morgan fingerprint density at radius 3 is 1.68 bits per heavy atom. The fraction of sp³-hybridized carbons (Fsp3) is 0. The van der Waals surface area contributed by atoms with E-state index in [0.29, 0.717) is 5.82 Å². The predicted octanol–water partition coefficient (Wildman–Crippen LogP) is 13.6. The number of rotatable bonds is 5. The molecule has 4 aromatic heterocycles. The molecule has 0 aliphatic heterocycles. The third kappa shape index (κ3) is 4.82. The molecule has 0 unspecified atom stereocenters. The Morgan fingerprint density at radius 1 is 0.368 bits per heavy atom. The zero-order chi connectivity index (χ0) is 37.5. The molecule has 266 valence electrons. The van der Waals surface area contributed by atoms with Crippen molar-refractivity contribution in [2.75, 3.05) is 0 Å². The van der Waals surface area contributed by atoms with Gasteiger partial charge in [-0.15, -0.1) is 0 Å². The van der Waals surface area contributed by atoms with E-state index >= 15 is 0 Å². The molecular formula is C52H32N4O. The summed E-state index contributed by atoms with van der Waals surface area (Å²) in [5.74, 6) is 0.675. The van der Waals surface area contributed by atoms with Crippen LogP contribution in [-0.4, -0.2) is 19.1 Å². The van der Waals surface area contributed by atoms with Crippen LogP contribution in [0.5, 0.6) is 0 Å². The normalized spacial score (nSPS) is 11.9. The van der Waals surface area contributed by atoms with E-state index in [9.17, 15) is 0 Å². The summed E-state index contributed by atoms with van der Waals surface area (Å²) in [6.07, 6.45) is 0. The van der Waals surface area contributed by atoms with Crippen LogP contribution in [0, 0.1) is 0 Å². The Bertz CT molecular complexity index is 3450. The molecule has 8 aromatic carbocycles. The van der Waals surface area contributed by atoms with Crippen molar-refractivity contribution in [3.63, 3.8) is 0 Å². The number of hydrogen-bond donors (Lipinski definition) is 0. The van der Waals surface area contributed by atoms with E-state index in [-0.39, 0.29) is 0 Å². The maximum atomic E-state index is 6.72. The number of furan rings is 1. The molecule has 57 heavy (non-hydrogen) atoms. The van der Waals surface area contributed by atoms with E-state index in [1.54, 1.807) is 0 Å². The fourth-order valence-corrected chi connectivity index (χ4v) is 8.80. The zero-order valence-electron chi connectivity index (χ0n) is 30.7. The second-order valence-corrected chi connectivity index (χ2v) is 14.6. The monoisotopic (exact) mass is 728 g/mol. The van der Waals surface area contributed by atoms with Gasteiger partial charge >= 0.3 is 0 Å². The first-order valence-electron chi connectivity index (χ1n) is 19.3. The Hall–Kier alpha value is -7.76. The van der Waals surface area contributed by atoms with E-state index in [0.717, 1.165) is 94.2 Å². The van der Waals surface area contributed by atoms with Crippen molar-refractivity contribution in [1.29, 1.82) is 0 Å². The second-order valence-electron chi connectivity index (χ2n) is 14.6. The maximum absolute atomic E-state index is 6.72. The van der Waals surface area contributed by atoms with Crippen LogP contribution in [-0.2, 0) is 0 Å². The molecular weight excluding hydrogens is 697 g/mol. The summed E-state index contributed by atoms with van der Waals surface area (Å²) in [4.78, 5) is 10.4. The van der Waals surface area contributed by atoms with Gasteiger partial charge in [0.05, 0.1) is 38.8 Å². The Balaban J connectivity index is 1.17. The van der Waals surface area contributed by atoms with Gasteiger partial charge in [-0.3, -0.25) is 0 Å². The minimum Gasteiger partial charge on any atom is -0.455 e. The molecule has 0 radical (unpaired) electrons. The zero-order valence-corrected chi connectivity index (χ0v) is 30.7. The molecule has 0 spiro atoms.